The van der Waals surface area contributed by atoms with Gasteiger partial charge < -0.3 is 14.9 Å². The summed E-state index contributed by atoms with van der Waals surface area (Å²) in [6, 6.07) is 5.62. The summed E-state index contributed by atoms with van der Waals surface area (Å²) in [4.78, 5) is 19.3. The molecule has 0 spiro atoms. The zero-order valence-electron chi connectivity index (χ0n) is 16.1. The third kappa shape index (κ3) is 3.90. The fourth-order valence-electron chi connectivity index (χ4n) is 3.50. The molecule has 162 valence electrons. The Labute approximate surface area is 180 Å². The van der Waals surface area contributed by atoms with Crippen molar-refractivity contribution in [2.45, 2.75) is 31.0 Å². The van der Waals surface area contributed by atoms with Crippen LogP contribution in [0.4, 0.5) is 28.9 Å². The van der Waals surface area contributed by atoms with Gasteiger partial charge in [-0.2, -0.15) is 18.4 Å². The first-order valence-electron chi connectivity index (χ1n) is 9.04. The van der Waals surface area contributed by atoms with E-state index in [4.69, 9.17) is 17.5 Å². The summed E-state index contributed by atoms with van der Waals surface area (Å²) in [5.74, 6) is -2.03. The summed E-state index contributed by atoms with van der Waals surface area (Å²) in [6.45, 7) is 0. The molecule has 1 aliphatic rings. The maximum atomic E-state index is 13.9. The van der Waals surface area contributed by atoms with Crippen LogP contribution < -0.4 is 9.80 Å². The third-order valence-electron chi connectivity index (χ3n) is 5.33. The van der Waals surface area contributed by atoms with Gasteiger partial charge in [-0.1, -0.05) is 12.2 Å². The number of carbonyl (C=O) groups is 1. The molecule has 6 nitrogen and oxygen atoms in total. The Bertz CT molecular complexity index is 1080. The van der Waals surface area contributed by atoms with E-state index >= 15 is 0 Å². The fourth-order valence-corrected chi connectivity index (χ4v) is 3.82. The van der Waals surface area contributed by atoms with E-state index < -0.39 is 40.4 Å². The van der Waals surface area contributed by atoms with Gasteiger partial charge in [0.25, 0.3) is 5.91 Å². The maximum absolute atomic E-state index is 13.9. The minimum atomic E-state index is -4.82. The number of pyridine rings is 1. The van der Waals surface area contributed by atoms with Crippen LogP contribution in [0.5, 0.6) is 5.75 Å². The monoisotopic (exact) mass is 452 g/mol. The minimum absolute atomic E-state index is 0.149. The van der Waals surface area contributed by atoms with Crippen molar-refractivity contribution in [3.05, 3.63) is 47.5 Å². The molecule has 1 aromatic carbocycles. The van der Waals surface area contributed by atoms with Crippen molar-refractivity contribution in [1.29, 1.82) is 5.26 Å². The van der Waals surface area contributed by atoms with E-state index in [0.29, 0.717) is 25.3 Å². The van der Waals surface area contributed by atoms with Crippen LogP contribution in [0.1, 0.15) is 30.5 Å². The molecule has 1 aliphatic carbocycles. The number of phenols is 1. The average molecular weight is 452 g/mol. The molecule has 11 heteroatoms. The van der Waals surface area contributed by atoms with Crippen molar-refractivity contribution >= 4 is 35.0 Å². The second-order valence-corrected chi connectivity index (χ2v) is 7.27. The van der Waals surface area contributed by atoms with E-state index in [0.717, 1.165) is 23.2 Å². The van der Waals surface area contributed by atoms with Crippen LogP contribution in [0.2, 0.25) is 0 Å². The number of thiocarbonyl (C=S) groups is 1. The number of halogens is 4. The Morgan fingerprint density at radius 3 is 2.48 bits per heavy atom. The van der Waals surface area contributed by atoms with Crippen LogP contribution in [-0.2, 0) is 11.0 Å². The molecule has 1 heterocycles. The van der Waals surface area contributed by atoms with Gasteiger partial charge in [0.05, 0.1) is 22.9 Å². The Morgan fingerprint density at radius 1 is 1.32 bits per heavy atom. The van der Waals surface area contributed by atoms with Gasteiger partial charge in [0.1, 0.15) is 11.6 Å². The number of nitrogens with zero attached hydrogens (tertiary/aromatic N) is 4. The number of benzene rings is 1. The van der Waals surface area contributed by atoms with E-state index in [2.05, 4.69) is 4.98 Å². The predicted molar refractivity (Wildman–Crippen MR) is 108 cm³/mol. The quantitative estimate of drug-likeness (QED) is 0.542. The van der Waals surface area contributed by atoms with Crippen LogP contribution in [0.15, 0.2) is 30.5 Å². The lowest BCUT2D eigenvalue weighted by atomic mass is 9.74. The van der Waals surface area contributed by atoms with Gasteiger partial charge in [0, 0.05) is 18.8 Å². The second kappa shape index (κ2) is 8.11. The molecular weight excluding hydrogens is 436 g/mol. The lowest BCUT2D eigenvalue weighted by Gasteiger charge is -2.49. The van der Waals surface area contributed by atoms with E-state index in [9.17, 15) is 27.5 Å². The highest BCUT2D eigenvalue weighted by atomic mass is 32.1. The lowest BCUT2D eigenvalue weighted by Crippen LogP contribution is -2.63. The smallest absolute Gasteiger partial charge is 0.419 e. The number of aromatic hydroxyl groups is 1. The molecular formula is C20H16F4N4O2S. The van der Waals surface area contributed by atoms with Crippen LogP contribution in [0.25, 0.3) is 0 Å². The summed E-state index contributed by atoms with van der Waals surface area (Å²) in [6.07, 6.45) is -2.49. The fraction of sp³-hybridized carbons (Fsp3) is 0.300. The van der Waals surface area contributed by atoms with Crippen molar-refractivity contribution in [1.82, 2.24) is 4.98 Å². The highest BCUT2D eigenvalue weighted by Gasteiger charge is 2.50. The molecule has 0 atom stereocenters. The molecule has 2 aromatic rings. The standard InChI is InChI=1S/C20H16F4N4O2S/c1-27(13-7-14(20(22,23)24)16(9-25)26-10-13)18(30)19(5-2-6-19)28(11-31)12-3-4-17(29)15(21)8-12/h3-4,7-8,10-11,29H,2,5-6H2,1H3. The van der Waals surface area contributed by atoms with Gasteiger partial charge >= 0.3 is 6.18 Å². The maximum Gasteiger partial charge on any atom is 0.419 e. The molecule has 0 unspecified atom stereocenters. The number of alkyl halides is 3. The zero-order chi connectivity index (χ0) is 23.0. The van der Waals surface area contributed by atoms with E-state index in [-0.39, 0.29) is 11.4 Å². The molecule has 1 aromatic heterocycles. The predicted octanol–water partition coefficient (Wildman–Crippen LogP) is 4.17. The number of nitriles is 1. The number of likely N-dealkylation sites (N-methyl/N-ethyl adjacent to an activating group) is 1. The summed E-state index contributed by atoms with van der Waals surface area (Å²) >= 11 is 5.05. The van der Waals surface area contributed by atoms with Gasteiger partial charge in [0.15, 0.2) is 17.3 Å². The van der Waals surface area contributed by atoms with Gasteiger partial charge in [-0.3, -0.25) is 4.79 Å². The molecule has 0 saturated heterocycles. The average Bonchev–Trinajstić information content (AvgIpc) is 2.70. The molecule has 1 N–H and O–H groups in total. The zero-order valence-corrected chi connectivity index (χ0v) is 17.0. The topological polar surface area (TPSA) is 80.5 Å². The van der Waals surface area contributed by atoms with E-state index in [1.54, 1.807) is 0 Å². The van der Waals surface area contributed by atoms with Crippen molar-refractivity contribution < 1.29 is 27.5 Å². The first kappa shape index (κ1) is 22.4. The van der Waals surface area contributed by atoms with Gasteiger partial charge in [-0.15, -0.1) is 0 Å². The number of aromatic nitrogens is 1. The summed E-state index contributed by atoms with van der Waals surface area (Å²) < 4.78 is 53.7. The molecule has 31 heavy (non-hydrogen) atoms. The molecule has 1 amide bonds. The molecule has 0 radical (unpaired) electrons. The first-order chi connectivity index (χ1) is 14.5. The summed E-state index contributed by atoms with van der Waals surface area (Å²) in [5, 5.41) is 18.3. The third-order valence-corrected chi connectivity index (χ3v) is 5.54. The van der Waals surface area contributed by atoms with Crippen LogP contribution in [0, 0.1) is 17.1 Å². The second-order valence-electron chi connectivity index (χ2n) is 7.06. The number of amides is 1. The first-order valence-corrected chi connectivity index (χ1v) is 9.51. The Balaban J connectivity index is 2.00. The van der Waals surface area contributed by atoms with Crippen molar-refractivity contribution in [2.75, 3.05) is 16.8 Å². The van der Waals surface area contributed by atoms with Crippen LogP contribution in [-0.4, -0.2) is 34.1 Å². The molecule has 1 saturated carbocycles. The molecule has 0 bridgehead atoms. The number of anilines is 2. The SMILES string of the molecule is CN(C(=O)C1(N(C=S)c2ccc(O)c(F)c2)CCC1)c1cnc(C#N)c(C(F)(F)F)c1. The molecule has 3 rings (SSSR count). The number of carbonyl (C=O) groups excluding carboxylic acids is 1. The summed E-state index contributed by atoms with van der Waals surface area (Å²) in [5.41, 5.74) is -2.02. The lowest BCUT2D eigenvalue weighted by molar-refractivity contribution is -0.138. The van der Waals surface area contributed by atoms with Gasteiger partial charge in [0.2, 0.25) is 0 Å². The highest BCUT2D eigenvalue weighted by molar-refractivity contribution is 7.79. The summed E-state index contributed by atoms with van der Waals surface area (Å²) in [7, 11) is 1.30. The molecule has 0 aliphatic heterocycles. The number of hydrogen-bond donors (Lipinski definition) is 1. The van der Waals surface area contributed by atoms with Crippen molar-refractivity contribution in [2.24, 2.45) is 0 Å². The Hall–Kier alpha value is -3.26. The number of rotatable bonds is 5. The van der Waals surface area contributed by atoms with Crippen LogP contribution >= 0.6 is 12.2 Å². The largest absolute Gasteiger partial charge is 0.505 e. The minimum Gasteiger partial charge on any atom is -0.505 e. The van der Waals surface area contributed by atoms with Gasteiger partial charge in [-0.25, -0.2) is 9.37 Å². The number of phenolic OH excluding ortho intramolecular Hbond substituents is 1. The number of hydrogen-bond acceptors (Lipinski definition) is 5. The van der Waals surface area contributed by atoms with E-state index in [1.807, 2.05) is 0 Å². The Kier molecular flexibility index (Phi) is 5.87. The van der Waals surface area contributed by atoms with Crippen LogP contribution in [0.3, 0.4) is 0 Å². The Morgan fingerprint density at radius 2 is 2.00 bits per heavy atom. The molecule has 1 fully saturated rings. The normalized spacial score (nSPS) is 14.8. The van der Waals surface area contributed by atoms with E-state index in [1.165, 1.54) is 29.6 Å². The van der Waals surface area contributed by atoms with Crippen molar-refractivity contribution in [3.8, 4) is 11.8 Å². The highest BCUT2D eigenvalue weighted by Crippen LogP contribution is 2.43. The van der Waals surface area contributed by atoms with Crippen molar-refractivity contribution in [3.63, 3.8) is 0 Å². The van der Waals surface area contributed by atoms with Gasteiger partial charge in [-0.05, 0) is 37.5 Å².